The molecule has 0 aliphatic rings. The van der Waals surface area contributed by atoms with Crippen molar-refractivity contribution in [1.82, 2.24) is 15.6 Å². The molecule has 2 heterocycles. The Hall–Kier alpha value is -2.86. The van der Waals surface area contributed by atoms with Crippen LogP contribution in [0.1, 0.15) is 17.5 Å². The summed E-state index contributed by atoms with van der Waals surface area (Å²) in [6, 6.07) is 16.3. The number of methoxy groups -OCH3 is 1. The molecular formula is C22H26N4OS. The minimum absolute atomic E-state index is 0.653. The fraction of sp³-hybridized carbons (Fsp3) is 0.273. The van der Waals surface area contributed by atoms with Gasteiger partial charge >= 0.3 is 0 Å². The molecule has 2 N–H and O–H groups in total. The molecule has 0 radical (unpaired) electrons. The third kappa shape index (κ3) is 5.82. The molecule has 6 heteroatoms. The summed E-state index contributed by atoms with van der Waals surface area (Å²) in [5.74, 6) is 1.70. The van der Waals surface area contributed by atoms with Gasteiger partial charge in [-0.25, -0.2) is 4.99 Å². The highest BCUT2D eigenvalue weighted by Crippen LogP contribution is 2.27. The summed E-state index contributed by atoms with van der Waals surface area (Å²) < 4.78 is 5.23. The third-order valence-corrected chi connectivity index (χ3v) is 5.14. The molecule has 146 valence electrons. The van der Waals surface area contributed by atoms with Crippen LogP contribution in [-0.4, -0.2) is 31.1 Å². The largest absolute Gasteiger partial charge is 0.497 e. The first-order valence-electron chi connectivity index (χ1n) is 9.42. The Kier molecular flexibility index (Phi) is 7.44. The van der Waals surface area contributed by atoms with E-state index in [0.29, 0.717) is 6.54 Å². The van der Waals surface area contributed by atoms with Crippen LogP contribution in [0.5, 0.6) is 5.75 Å². The molecule has 0 fully saturated rings. The molecule has 0 aliphatic heterocycles. The van der Waals surface area contributed by atoms with Crippen molar-refractivity contribution in [3.05, 3.63) is 70.7 Å². The second kappa shape index (κ2) is 10.5. The zero-order valence-electron chi connectivity index (χ0n) is 16.3. The quantitative estimate of drug-likeness (QED) is 0.446. The Morgan fingerprint density at radius 1 is 1.11 bits per heavy atom. The van der Waals surface area contributed by atoms with Gasteiger partial charge in [-0.2, -0.15) is 0 Å². The third-order valence-electron chi connectivity index (χ3n) is 4.21. The molecule has 3 rings (SSSR count). The Morgan fingerprint density at radius 2 is 1.96 bits per heavy atom. The van der Waals surface area contributed by atoms with Crippen LogP contribution in [0, 0.1) is 0 Å². The molecule has 1 aromatic carbocycles. The summed E-state index contributed by atoms with van der Waals surface area (Å²) in [5.41, 5.74) is 3.48. The minimum atomic E-state index is 0.653. The van der Waals surface area contributed by atoms with Crippen LogP contribution in [0.25, 0.3) is 11.1 Å². The van der Waals surface area contributed by atoms with E-state index < -0.39 is 0 Å². The molecule has 3 aromatic rings. The number of hydrogen-bond donors (Lipinski definition) is 2. The topological polar surface area (TPSA) is 58.5 Å². The highest BCUT2D eigenvalue weighted by Gasteiger charge is 2.04. The van der Waals surface area contributed by atoms with Gasteiger partial charge < -0.3 is 15.4 Å². The van der Waals surface area contributed by atoms with Crippen LogP contribution in [0.4, 0.5) is 0 Å². The first kappa shape index (κ1) is 19.9. The SMILES string of the molecule is CCNC(=NCc1cc(-c2ccc(OC)cc2)cs1)NCCc1ccccn1. The fourth-order valence-corrected chi connectivity index (χ4v) is 3.57. The number of aliphatic imine (C=N–C) groups is 1. The zero-order chi connectivity index (χ0) is 19.6. The van der Waals surface area contributed by atoms with Gasteiger partial charge in [0.15, 0.2) is 5.96 Å². The van der Waals surface area contributed by atoms with Gasteiger partial charge in [0.1, 0.15) is 5.75 Å². The molecular weight excluding hydrogens is 368 g/mol. The van der Waals surface area contributed by atoms with E-state index in [0.717, 1.165) is 36.9 Å². The van der Waals surface area contributed by atoms with Gasteiger partial charge in [-0.15, -0.1) is 11.3 Å². The molecule has 0 unspecified atom stereocenters. The van der Waals surface area contributed by atoms with E-state index in [1.165, 1.54) is 16.0 Å². The zero-order valence-corrected chi connectivity index (χ0v) is 17.1. The summed E-state index contributed by atoms with van der Waals surface area (Å²) in [6.07, 6.45) is 2.69. The van der Waals surface area contributed by atoms with Gasteiger partial charge in [0.05, 0.1) is 13.7 Å². The van der Waals surface area contributed by atoms with Crippen molar-refractivity contribution in [3.63, 3.8) is 0 Å². The Bertz CT molecular complexity index is 875. The molecule has 0 spiro atoms. The lowest BCUT2D eigenvalue weighted by Gasteiger charge is -2.10. The lowest BCUT2D eigenvalue weighted by atomic mass is 10.1. The second-order valence-corrected chi connectivity index (χ2v) is 7.22. The average Bonchev–Trinajstić information content (AvgIpc) is 3.22. The summed E-state index contributed by atoms with van der Waals surface area (Å²) >= 11 is 1.73. The normalized spacial score (nSPS) is 11.3. The lowest BCUT2D eigenvalue weighted by Crippen LogP contribution is -2.38. The molecule has 0 saturated carbocycles. The van der Waals surface area contributed by atoms with Crippen molar-refractivity contribution >= 4 is 17.3 Å². The number of nitrogens with zero attached hydrogens (tertiary/aromatic N) is 2. The average molecular weight is 395 g/mol. The predicted molar refractivity (Wildman–Crippen MR) is 117 cm³/mol. The number of benzene rings is 1. The molecule has 5 nitrogen and oxygen atoms in total. The second-order valence-electron chi connectivity index (χ2n) is 6.22. The fourth-order valence-electron chi connectivity index (χ4n) is 2.75. The molecule has 2 aromatic heterocycles. The van der Waals surface area contributed by atoms with Crippen molar-refractivity contribution in [3.8, 4) is 16.9 Å². The number of rotatable bonds is 8. The van der Waals surface area contributed by atoms with Crippen molar-refractivity contribution in [1.29, 1.82) is 0 Å². The Balaban J connectivity index is 1.57. The van der Waals surface area contributed by atoms with E-state index in [2.05, 4.69) is 46.1 Å². The lowest BCUT2D eigenvalue weighted by molar-refractivity contribution is 0.415. The highest BCUT2D eigenvalue weighted by molar-refractivity contribution is 7.10. The van der Waals surface area contributed by atoms with Gasteiger partial charge in [0.25, 0.3) is 0 Å². The van der Waals surface area contributed by atoms with Crippen molar-refractivity contribution in [2.75, 3.05) is 20.2 Å². The van der Waals surface area contributed by atoms with Crippen LogP contribution in [0.3, 0.4) is 0 Å². The van der Waals surface area contributed by atoms with Crippen LogP contribution in [-0.2, 0) is 13.0 Å². The molecule has 0 atom stereocenters. The number of ether oxygens (including phenoxy) is 1. The number of guanidine groups is 1. The van der Waals surface area contributed by atoms with Gasteiger partial charge in [-0.1, -0.05) is 18.2 Å². The summed E-state index contributed by atoms with van der Waals surface area (Å²) in [6.45, 7) is 4.35. The van der Waals surface area contributed by atoms with E-state index in [1.807, 2.05) is 36.5 Å². The molecule has 0 aliphatic carbocycles. The van der Waals surface area contributed by atoms with Gasteiger partial charge in [-0.3, -0.25) is 4.98 Å². The Labute approximate surface area is 170 Å². The maximum atomic E-state index is 5.23. The number of hydrogen-bond acceptors (Lipinski definition) is 4. The molecule has 28 heavy (non-hydrogen) atoms. The number of thiophene rings is 1. The number of nitrogens with one attached hydrogen (secondary N) is 2. The first-order chi connectivity index (χ1) is 13.8. The van der Waals surface area contributed by atoms with E-state index in [-0.39, 0.29) is 0 Å². The van der Waals surface area contributed by atoms with Crippen molar-refractivity contribution in [2.45, 2.75) is 19.9 Å². The van der Waals surface area contributed by atoms with E-state index >= 15 is 0 Å². The van der Waals surface area contributed by atoms with E-state index in [9.17, 15) is 0 Å². The van der Waals surface area contributed by atoms with Crippen molar-refractivity contribution < 1.29 is 4.74 Å². The molecule has 0 amide bonds. The monoisotopic (exact) mass is 394 g/mol. The maximum absolute atomic E-state index is 5.23. The van der Waals surface area contributed by atoms with E-state index in [4.69, 9.17) is 9.73 Å². The van der Waals surface area contributed by atoms with Gasteiger partial charge in [-0.05, 0) is 53.8 Å². The van der Waals surface area contributed by atoms with Crippen LogP contribution in [0.15, 0.2) is 65.1 Å². The molecule has 0 bridgehead atoms. The standard InChI is InChI=1S/C22H26N4OS/c1-3-23-22(25-13-11-19-6-4-5-12-24-19)26-15-21-14-18(16-28-21)17-7-9-20(27-2)10-8-17/h4-10,12,14,16H,3,11,13,15H2,1-2H3,(H2,23,25,26). The van der Waals surface area contributed by atoms with Crippen LogP contribution < -0.4 is 15.4 Å². The number of pyridine rings is 1. The molecule has 0 saturated heterocycles. The highest BCUT2D eigenvalue weighted by atomic mass is 32.1. The first-order valence-corrected chi connectivity index (χ1v) is 10.3. The van der Waals surface area contributed by atoms with Crippen LogP contribution >= 0.6 is 11.3 Å². The number of aromatic nitrogens is 1. The minimum Gasteiger partial charge on any atom is -0.497 e. The van der Waals surface area contributed by atoms with Gasteiger partial charge in [0, 0.05) is 36.3 Å². The van der Waals surface area contributed by atoms with E-state index in [1.54, 1.807) is 18.4 Å². The smallest absolute Gasteiger partial charge is 0.191 e. The van der Waals surface area contributed by atoms with Gasteiger partial charge in [0.2, 0.25) is 0 Å². The maximum Gasteiger partial charge on any atom is 0.191 e. The Morgan fingerprint density at radius 3 is 2.68 bits per heavy atom. The summed E-state index contributed by atoms with van der Waals surface area (Å²) in [4.78, 5) is 10.3. The summed E-state index contributed by atoms with van der Waals surface area (Å²) in [7, 11) is 1.68. The predicted octanol–water partition coefficient (Wildman–Crippen LogP) is 4.12. The van der Waals surface area contributed by atoms with Crippen LogP contribution in [0.2, 0.25) is 0 Å². The van der Waals surface area contributed by atoms with Crippen molar-refractivity contribution in [2.24, 2.45) is 4.99 Å². The summed E-state index contributed by atoms with van der Waals surface area (Å²) in [5, 5.41) is 8.85.